The van der Waals surface area contributed by atoms with Gasteiger partial charge in [-0.2, -0.15) is 0 Å². The van der Waals surface area contributed by atoms with E-state index in [4.69, 9.17) is 37.4 Å². The van der Waals surface area contributed by atoms with E-state index in [2.05, 4.69) is 5.32 Å². The van der Waals surface area contributed by atoms with Crippen LogP contribution in [0.4, 0.5) is 5.69 Å². The minimum atomic E-state index is -0.906. The highest BCUT2D eigenvalue weighted by atomic mass is 35.5. The fourth-order valence-electron chi connectivity index (χ4n) is 4.27. The molecule has 4 rings (SSSR count). The van der Waals surface area contributed by atoms with Crippen LogP contribution in [0.1, 0.15) is 5.56 Å². The Kier molecular flexibility index (Phi) is 6.84. The monoisotopic (exact) mass is 473 g/mol. The molecule has 2 aromatic carbocycles. The molecule has 2 aromatic rings. The van der Waals surface area contributed by atoms with E-state index >= 15 is 0 Å². The molecule has 0 aromatic heterocycles. The lowest BCUT2D eigenvalue weighted by molar-refractivity contribution is -0.129. The number of para-hydroxylation sites is 1. The van der Waals surface area contributed by atoms with Crippen LogP contribution in [-0.4, -0.2) is 43.9 Å². The Morgan fingerprint density at radius 1 is 1.03 bits per heavy atom. The summed E-state index contributed by atoms with van der Waals surface area (Å²) >= 11 is 12.4. The molecule has 3 atom stereocenters. The molecule has 2 aliphatic heterocycles. The van der Waals surface area contributed by atoms with Crippen molar-refractivity contribution in [3.63, 3.8) is 0 Å². The normalized spacial score (nSPS) is 22.0. The predicted molar refractivity (Wildman–Crippen MR) is 122 cm³/mol. The molecule has 0 fully saturated rings. The van der Waals surface area contributed by atoms with Crippen LogP contribution in [-0.2, 0) is 30.2 Å². The first-order valence-electron chi connectivity index (χ1n) is 10.0. The molecule has 0 saturated carbocycles. The number of carbonyl (C=O) groups excluding carboxylic acids is 2. The third kappa shape index (κ3) is 4.39. The summed E-state index contributed by atoms with van der Waals surface area (Å²) in [5.41, 5.74) is 2.48. The van der Waals surface area contributed by atoms with E-state index in [1.807, 2.05) is 54.6 Å². The lowest BCUT2D eigenvalue weighted by Gasteiger charge is -2.37. The van der Waals surface area contributed by atoms with Crippen molar-refractivity contribution in [1.29, 1.82) is 0 Å². The zero-order valence-electron chi connectivity index (χ0n) is 17.0. The van der Waals surface area contributed by atoms with Gasteiger partial charge in [-0.15, -0.1) is 0 Å². The van der Waals surface area contributed by atoms with Crippen molar-refractivity contribution >= 4 is 41.8 Å². The molecular weight excluding hydrogens is 453 g/mol. The molecule has 0 amide bonds. The fourth-order valence-corrected chi connectivity index (χ4v) is 4.59. The van der Waals surface area contributed by atoms with Gasteiger partial charge in [0.1, 0.15) is 24.9 Å². The van der Waals surface area contributed by atoms with Crippen molar-refractivity contribution in [2.75, 3.05) is 18.5 Å². The second-order valence-electron chi connectivity index (χ2n) is 7.52. The average Bonchev–Trinajstić information content (AvgIpc) is 3.37. The van der Waals surface area contributed by atoms with Gasteiger partial charge in [0.25, 0.3) is 12.9 Å². The standard InChI is InChI=1S/C24H21Cl2NO5/c25-20-7-6-16(10-21(20)26)11-23(27-17-4-2-1-3-5-17)24-9-8-22(32-24)18(12-30-14-28)19(24)13-31-15-29/h1-10,14-15,22-23,27H,11-13H2. The van der Waals surface area contributed by atoms with Crippen LogP contribution in [0.2, 0.25) is 10.0 Å². The predicted octanol–water partition coefficient (Wildman–Crippen LogP) is 4.37. The summed E-state index contributed by atoms with van der Waals surface area (Å²) in [5, 5.41) is 4.51. The van der Waals surface area contributed by atoms with Crippen LogP contribution in [0.15, 0.2) is 71.8 Å². The summed E-state index contributed by atoms with van der Waals surface area (Å²) in [5.74, 6) is 0. The van der Waals surface area contributed by atoms with E-state index in [-0.39, 0.29) is 25.4 Å². The Labute approximate surface area is 195 Å². The van der Waals surface area contributed by atoms with Crippen LogP contribution in [0, 0.1) is 0 Å². The highest BCUT2D eigenvalue weighted by molar-refractivity contribution is 6.42. The number of hydrogen-bond acceptors (Lipinski definition) is 6. The van der Waals surface area contributed by atoms with Crippen molar-refractivity contribution in [1.82, 2.24) is 0 Å². The zero-order valence-corrected chi connectivity index (χ0v) is 18.5. The molecule has 166 valence electrons. The number of benzene rings is 2. The molecule has 0 saturated heterocycles. The first kappa shape index (κ1) is 22.4. The number of rotatable bonds is 11. The van der Waals surface area contributed by atoms with E-state index in [1.165, 1.54) is 0 Å². The molecule has 32 heavy (non-hydrogen) atoms. The topological polar surface area (TPSA) is 73.9 Å². The second kappa shape index (κ2) is 9.77. The van der Waals surface area contributed by atoms with Gasteiger partial charge in [0.05, 0.1) is 16.1 Å². The smallest absolute Gasteiger partial charge is 0.293 e. The Morgan fingerprint density at radius 3 is 2.50 bits per heavy atom. The number of fused-ring (bicyclic) bond motifs is 2. The van der Waals surface area contributed by atoms with Crippen molar-refractivity contribution in [3.8, 4) is 0 Å². The summed E-state index contributed by atoms with van der Waals surface area (Å²) in [6.45, 7) is 0.870. The lowest BCUT2D eigenvalue weighted by atomic mass is 9.79. The molecule has 1 N–H and O–H groups in total. The SMILES string of the molecule is O=COCC1=C(COC=O)C2(C(Cc3ccc(Cl)c(Cl)c3)Nc3ccccc3)C=CC1O2. The molecular formula is C24H21Cl2NO5. The Morgan fingerprint density at radius 2 is 1.78 bits per heavy atom. The van der Waals surface area contributed by atoms with Gasteiger partial charge in [0.2, 0.25) is 0 Å². The Bertz CT molecular complexity index is 1060. The molecule has 0 spiro atoms. The highest BCUT2D eigenvalue weighted by Crippen LogP contribution is 2.47. The van der Waals surface area contributed by atoms with Crippen LogP contribution >= 0.6 is 23.2 Å². The molecule has 2 heterocycles. The maximum absolute atomic E-state index is 11.0. The molecule has 2 aliphatic rings. The molecule has 2 bridgehead atoms. The van der Waals surface area contributed by atoms with E-state index in [0.717, 1.165) is 22.4 Å². The average molecular weight is 474 g/mol. The van der Waals surface area contributed by atoms with Gasteiger partial charge in [-0.05, 0) is 42.3 Å². The van der Waals surface area contributed by atoms with Crippen LogP contribution in [0.5, 0.6) is 0 Å². The molecule has 0 aliphatic carbocycles. The number of carbonyl (C=O) groups is 2. The minimum Gasteiger partial charge on any atom is -0.463 e. The van der Waals surface area contributed by atoms with Gasteiger partial charge in [0.15, 0.2) is 0 Å². The maximum Gasteiger partial charge on any atom is 0.293 e. The van der Waals surface area contributed by atoms with E-state index in [9.17, 15) is 9.59 Å². The number of ether oxygens (including phenoxy) is 3. The number of nitrogens with one attached hydrogen (secondary N) is 1. The summed E-state index contributed by atoms with van der Waals surface area (Å²) in [7, 11) is 0. The number of halogens is 2. The van der Waals surface area contributed by atoms with Gasteiger partial charge >= 0.3 is 0 Å². The second-order valence-corrected chi connectivity index (χ2v) is 8.34. The third-order valence-corrected chi connectivity index (χ3v) is 6.44. The van der Waals surface area contributed by atoms with Crippen molar-refractivity contribution in [2.24, 2.45) is 0 Å². The Hall–Kier alpha value is -2.80. The molecule has 6 nitrogen and oxygen atoms in total. The summed E-state index contributed by atoms with van der Waals surface area (Å²) in [6, 6.07) is 15.0. The Balaban J connectivity index is 1.74. The summed E-state index contributed by atoms with van der Waals surface area (Å²) < 4.78 is 16.6. The lowest BCUT2D eigenvalue weighted by Crippen LogP contribution is -2.48. The first-order chi connectivity index (χ1) is 15.6. The number of hydrogen-bond donors (Lipinski definition) is 1. The van der Waals surface area contributed by atoms with Crippen molar-refractivity contribution < 1.29 is 23.8 Å². The third-order valence-electron chi connectivity index (χ3n) is 5.70. The van der Waals surface area contributed by atoms with Crippen LogP contribution in [0.25, 0.3) is 0 Å². The van der Waals surface area contributed by atoms with Gasteiger partial charge in [-0.1, -0.05) is 53.5 Å². The quantitative estimate of drug-likeness (QED) is 0.385. The van der Waals surface area contributed by atoms with Gasteiger partial charge in [0, 0.05) is 16.8 Å². The fraction of sp³-hybridized carbons (Fsp3) is 0.250. The van der Waals surface area contributed by atoms with Gasteiger partial charge in [-0.3, -0.25) is 9.59 Å². The van der Waals surface area contributed by atoms with E-state index in [0.29, 0.717) is 29.4 Å². The molecule has 3 unspecified atom stereocenters. The molecule has 0 radical (unpaired) electrons. The van der Waals surface area contributed by atoms with E-state index in [1.54, 1.807) is 6.07 Å². The maximum atomic E-state index is 11.0. The van der Waals surface area contributed by atoms with Gasteiger partial charge in [-0.25, -0.2) is 0 Å². The van der Waals surface area contributed by atoms with Crippen LogP contribution in [0.3, 0.4) is 0 Å². The first-order valence-corrected chi connectivity index (χ1v) is 10.8. The number of anilines is 1. The highest BCUT2D eigenvalue weighted by Gasteiger charge is 2.53. The largest absolute Gasteiger partial charge is 0.463 e. The summed E-state index contributed by atoms with van der Waals surface area (Å²) in [6.07, 6.45) is 4.08. The van der Waals surface area contributed by atoms with Crippen LogP contribution < -0.4 is 5.32 Å². The minimum absolute atomic E-state index is 0.0240. The summed E-state index contributed by atoms with van der Waals surface area (Å²) in [4.78, 5) is 21.8. The van der Waals surface area contributed by atoms with E-state index < -0.39 is 5.60 Å². The molecule has 8 heteroatoms. The van der Waals surface area contributed by atoms with Crippen molar-refractivity contribution in [3.05, 3.63) is 87.4 Å². The zero-order chi connectivity index (χ0) is 22.6. The van der Waals surface area contributed by atoms with Gasteiger partial charge < -0.3 is 19.5 Å². The van der Waals surface area contributed by atoms with Crippen molar-refractivity contribution in [2.45, 2.75) is 24.2 Å².